The van der Waals surface area contributed by atoms with Crippen molar-refractivity contribution >= 4 is 29.6 Å². The van der Waals surface area contributed by atoms with E-state index >= 15 is 0 Å². The fourth-order valence-corrected chi connectivity index (χ4v) is 3.64. The number of aryl methyl sites for hydroxylation is 1. The van der Waals surface area contributed by atoms with Gasteiger partial charge in [0, 0.05) is 0 Å². The monoisotopic (exact) mass is 470 g/mol. The van der Waals surface area contributed by atoms with Crippen LogP contribution in [-0.4, -0.2) is 17.8 Å². The van der Waals surface area contributed by atoms with Gasteiger partial charge in [-0.3, -0.25) is 14.9 Å². The molecule has 0 atom stereocenters. The van der Waals surface area contributed by atoms with Crippen LogP contribution >= 0.6 is 0 Å². The first-order valence-electron chi connectivity index (χ1n) is 10.9. The molecule has 1 N–H and O–H groups in total. The molecule has 1 aliphatic rings. The van der Waals surface area contributed by atoms with Crippen molar-refractivity contribution in [3.63, 3.8) is 0 Å². The lowest BCUT2D eigenvalue weighted by Gasteiger charge is -2.26. The van der Waals surface area contributed by atoms with Crippen molar-refractivity contribution in [3.05, 3.63) is 113 Å². The third-order valence-corrected chi connectivity index (χ3v) is 5.46. The van der Waals surface area contributed by atoms with Crippen molar-refractivity contribution in [2.45, 2.75) is 20.0 Å². The number of hydrogen-bond acceptors (Lipinski definition) is 4. The predicted octanol–water partition coefficient (Wildman–Crippen LogP) is 5.11. The van der Waals surface area contributed by atoms with Gasteiger partial charge < -0.3 is 4.74 Å². The van der Waals surface area contributed by atoms with E-state index in [1.54, 1.807) is 60.7 Å². The number of benzene rings is 3. The first kappa shape index (κ1) is 23.6. The number of halogens is 1. The van der Waals surface area contributed by atoms with Crippen LogP contribution in [0.25, 0.3) is 6.08 Å². The van der Waals surface area contributed by atoms with Crippen LogP contribution in [0.5, 0.6) is 5.75 Å². The van der Waals surface area contributed by atoms with E-state index in [-0.39, 0.29) is 18.0 Å². The maximum absolute atomic E-state index is 13.1. The summed E-state index contributed by atoms with van der Waals surface area (Å²) >= 11 is 0. The van der Waals surface area contributed by atoms with Gasteiger partial charge in [-0.25, -0.2) is 14.1 Å². The number of nitrogens with zero attached hydrogens (tertiary/aromatic N) is 1. The lowest BCUT2D eigenvalue weighted by atomic mass is 10.0. The number of allylic oxidation sites excluding steroid dienone is 1. The second-order valence-corrected chi connectivity index (χ2v) is 8.07. The Hall–Kier alpha value is -4.52. The largest absolute Gasteiger partial charge is 0.489 e. The molecule has 3 aromatic rings. The molecule has 176 valence electrons. The summed E-state index contributed by atoms with van der Waals surface area (Å²) < 4.78 is 19.0. The topological polar surface area (TPSA) is 75.7 Å². The van der Waals surface area contributed by atoms with Crippen LogP contribution in [0.3, 0.4) is 0 Å². The van der Waals surface area contributed by atoms with Crippen molar-refractivity contribution in [1.29, 1.82) is 0 Å². The maximum atomic E-state index is 13.1. The molecule has 7 heteroatoms. The molecule has 4 amide bonds. The smallest absolute Gasteiger partial charge is 0.335 e. The van der Waals surface area contributed by atoms with E-state index in [4.69, 9.17) is 4.74 Å². The summed E-state index contributed by atoms with van der Waals surface area (Å²) in [5.41, 5.74) is 3.39. The van der Waals surface area contributed by atoms with Gasteiger partial charge in [0.1, 0.15) is 23.7 Å². The van der Waals surface area contributed by atoms with E-state index in [1.165, 1.54) is 18.2 Å². The Labute approximate surface area is 202 Å². The molecule has 0 aliphatic carbocycles. The van der Waals surface area contributed by atoms with E-state index in [0.717, 1.165) is 21.6 Å². The van der Waals surface area contributed by atoms with Crippen molar-refractivity contribution < 1.29 is 23.5 Å². The molecule has 0 bridgehead atoms. The molecule has 0 unspecified atom stereocenters. The average Bonchev–Trinajstić information content (AvgIpc) is 2.83. The number of urea groups is 1. The van der Waals surface area contributed by atoms with Crippen LogP contribution in [0.1, 0.15) is 22.3 Å². The third-order valence-electron chi connectivity index (χ3n) is 5.46. The highest BCUT2D eigenvalue weighted by Gasteiger charge is 2.36. The number of barbiturate groups is 1. The van der Waals surface area contributed by atoms with Gasteiger partial charge in [-0.05, 0) is 72.5 Å². The normalized spacial score (nSPS) is 14.7. The molecular formula is C28H23FN2O4. The minimum atomic E-state index is -0.794. The van der Waals surface area contributed by atoms with Gasteiger partial charge in [-0.1, -0.05) is 42.0 Å². The van der Waals surface area contributed by atoms with Crippen molar-refractivity contribution in [1.82, 2.24) is 5.32 Å². The van der Waals surface area contributed by atoms with Gasteiger partial charge in [0.25, 0.3) is 11.8 Å². The van der Waals surface area contributed by atoms with E-state index in [2.05, 4.69) is 11.9 Å². The molecule has 1 saturated heterocycles. The molecule has 0 radical (unpaired) electrons. The highest BCUT2D eigenvalue weighted by atomic mass is 19.1. The molecule has 3 aromatic carbocycles. The van der Waals surface area contributed by atoms with Crippen LogP contribution in [-0.2, 0) is 22.6 Å². The molecule has 0 aromatic heterocycles. The van der Waals surface area contributed by atoms with Gasteiger partial charge in [-0.15, -0.1) is 6.58 Å². The maximum Gasteiger partial charge on any atom is 0.335 e. The number of nitrogens with one attached hydrogen (secondary N) is 1. The van der Waals surface area contributed by atoms with Crippen LogP contribution < -0.4 is 15.0 Å². The zero-order valence-corrected chi connectivity index (χ0v) is 19.1. The quantitative estimate of drug-likeness (QED) is 0.296. The van der Waals surface area contributed by atoms with Gasteiger partial charge in [0.15, 0.2) is 0 Å². The summed E-state index contributed by atoms with van der Waals surface area (Å²) in [5.74, 6) is -1.18. The molecular weight excluding hydrogens is 447 g/mol. The number of carbonyl (C=O) groups is 3. The summed E-state index contributed by atoms with van der Waals surface area (Å²) in [4.78, 5) is 38.9. The summed E-state index contributed by atoms with van der Waals surface area (Å²) in [7, 11) is 0. The van der Waals surface area contributed by atoms with Gasteiger partial charge in [0.2, 0.25) is 0 Å². The molecule has 6 nitrogen and oxygen atoms in total. The Kier molecular flexibility index (Phi) is 6.87. The average molecular weight is 471 g/mol. The number of amides is 4. The zero-order valence-electron chi connectivity index (χ0n) is 19.1. The SMILES string of the molecule is C=CCc1cc(/C=C2\C(=O)NC(=O)N(c3ccc(C)cc3)C2=O)ccc1OCc1ccc(F)cc1. The fraction of sp³-hybridized carbons (Fsp3) is 0.107. The number of hydrogen-bond donors (Lipinski definition) is 1. The van der Waals surface area contributed by atoms with Crippen LogP contribution in [0, 0.1) is 12.7 Å². The van der Waals surface area contributed by atoms with Crippen molar-refractivity contribution in [2.75, 3.05) is 4.90 Å². The third kappa shape index (κ3) is 5.35. The van der Waals surface area contributed by atoms with Crippen LogP contribution in [0.4, 0.5) is 14.9 Å². The lowest BCUT2D eigenvalue weighted by molar-refractivity contribution is -0.122. The second kappa shape index (κ2) is 10.2. The molecule has 4 rings (SSSR count). The van der Waals surface area contributed by atoms with Crippen LogP contribution in [0.2, 0.25) is 0 Å². The molecule has 35 heavy (non-hydrogen) atoms. The number of carbonyl (C=O) groups excluding carboxylic acids is 3. The molecule has 1 fully saturated rings. The number of ether oxygens (including phenoxy) is 1. The van der Waals surface area contributed by atoms with Gasteiger partial charge in [0.05, 0.1) is 5.69 Å². The number of anilines is 1. The Bertz CT molecular complexity index is 1330. The second-order valence-electron chi connectivity index (χ2n) is 8.07. The predicted molar refractivity (Wildman–Crippen MR) is 131 cm³/mol. The Morgan fingerprint density at radius 3 is 2.40 bits per heavy atom. The van der Waals surface area contributed by atoms with E-state index < -0.39 is 17.8 Å². The summed E-state index contributed by atoms with van der Waals surface area (Å²) in [6.45, 7) is 5.92. The van der Waals surface area contributed by atoms with E-state index in [9.17, 15) is 18.8 Å². The summed E-state index contributed by atoms with van der Waals surface area (Å²) in [6.07, 6.45) is 3.65. The Morgan fingerprint density at radius 1 is 1.00 bits per heavy atom. The van der Waals surface area contributed by atoms with E-state index in [1.807, 2.05) is 6.92 Å². The van der Waals surface area contributed by atoms with Gasteiger partial charge in [-0.2, -0.15) is 0 Å². The minimum absolute atomic E-state index is 0.158. The first-order valence-corrected chi connectivity index (χ1v) is 10.9. The summed E-state index contributed by atoms with van der Waals surface area (Å²) in [6, 6.07) is 17.3. The highest BCUT2D eigenvalue weighted by Crippen LogP contribution is 2.26. The number of rotatable bonds is 7. The van der Waals surface area contributed by atoms with E-state index in [0.29, 0.717) is 23.4 Å². The van der Waals surface area contributed by atoms with Crippen molar-refractivity contribution in [3.8, 4) is 5.75 Å². The van der Waals surface area contributed by atoms with Gasteiger partial charge >= 0.3 is 6.03 Å². The summed E-state index contributed by atoms with van der Waals surface area (Å²) in [5, 5.41) is 2.23. The number of imide groups is 2. The lowest BCUT2D eigenvalue weighted by Crippen LogP contribution is -2.54. The first-order chi connectivity index (χ1) is 16.9. The zero-order chi connectivity index (χ0) is 24.9. The highest BCUT2D eigenvalue weighted by molar-refractivity contribution is 6.39. The molecule has 0 spiro atoms. The molecule has 1 aliphatic heterocycles. The minimum Gasteiger partial charge on any atom is -0.489 e. The molecule has 1 heterocycles. The van der Waals surface area contributed by atoms with Crippen molar-refractivity contribution in [2.24, 2.45) is 0 Å². The van der Waals surface area contributed by atoms with Crippen LogP contribution in [0.15, 0.2) is 85.0 Å². The standard InChI is InChI=1S/C28H23FN2O4/c1-3-4-21-15-20(9-14-25(21)35-17-19-7-10-22(29)11-8-19)16-24-26(32)30-28(34)31(27(24)33)23-12-5-18(2)6-13-23/h3,5-16H,1,4,17H2,2H3,(H,30,32,34)/b24-16+. The molecule has 0 saturated carbocycles. The Balaban J connectivity index is 1.60. The fourth-order valence-electron chi connectivity index (χ4n) is 3.64. The Morgan fingerprint density at radius 2 is 1.71 bits per heavy atom.